The standard InChI is InChI=1S/C14H17FN2O2/c1-9-6-12(17-19-9)8-16-10(2)11-4-5-14(18-3)13(15)7-11/h4-7,10,16H,8H2,1-3H3. The first-order chi connectivity index (χ1) is 9.10. The molecule has 5 heteroatoms. The van der Waals surface area contributed by atoms with Crippen LogP contribution in [0.1, 0.15) is 30.0 Å². The molecule has 0 radical (unpaired) electrons. The van der Waals surface area contributed by atoms with Gasteiger partial charge in [0, 0.05) is 18.7 Å². The molecular weight excluding hydrogens is 247 g/mol. The van der Waals surface area contributed by atoms with Crippen LogP contribution in [-0.2, 0) is 6.54 Å². The van der Waals surface area contributed by atoms with E-state index in [-0.39, 0.29) is 17.6 Å². The SMILES string of the molecule is COc1ccc(C(C)NCc2cc(C)on2)cc1F. The molecule has 1 aromatic carbocycles. The lowest BCUT2D eigenvalue weighted by atomic mass is 10.1. The fourth-order valence-electron chi connectivity index (χ4n) is 1.83. The molecule has 0 spiro atoms. The Morgan fingerprint density at radius 1 is 1.42 bits per heavy atom. The number of nitrogens with one attached hydrogen (secondary N) is 1. The third kappa shape index (κ3) is 3.32. The molecule has 19 heavy (non-hydrogen) atoms. The van der Waals surface area contributed by atoms with Crippen molar-refractivity contribution < 1.29 is 13.7 Å². The molecule has 4 nitrogen and oxygen atoms in total. The van der Waals surface area contributed by atoms with E-state index in [1.54, 1.807) is 6.07 Å². The Hall–Kier alpha value is -1.88. The van der Waals surface area contributed by atoms with Crippen molar-refractivity contribution in [2.45, 2.75) is 26.4 Å². The summed E-state index contributed by atoms with van der Waals surface area (Å²) in [5.41, 5.74) is 1.69. The Morgan fingerprint density at radius 2 is 2.21 bits per heavy atom. The molecule has 1 unspecified atom stereocenters. The normalized spacial score (nSPS) is 12.4. The number of rotatable bonds is 5. The van der Waals surface area contributed by atoms with Crippen molar-refractivity contribution in [2.75, 3.05) is 7.11 Å². The lowest BCUT2D eigenvalue weighted by Crippen LogP contribution is -2.18. The maximum absolute atomic E-state index is 13.6. The molecule has 0 aliphatic heterocycles. The summed E-state index contributed by atoms with van der Waals surface area (Å²) >= 11 is 0. The third-order valence-electron chi connectivity index (χ3n) is 2.94. The number of hydrogen-bond donors (Lipinski definition) is 1. The molecule has 1 N–H and O–H groups in total. The van der Waals surface area contributed by atoms with E-state index in [0.717, 1.165) is 17.0 Å². The Kier molecular flexibility index (Phi) is 4.16. The second-order valence-electron chi connectivity index (χ2n) is 4.43. The number of aromatic nitrogens is 1. The highest BCUT2D eigenvalue weighted by Crippen LogP contribution is 2.21. The number of methoxy groups -OCH3 is 1. The van der Waals surface area contributed by atoms with Gasteiger partial charge in [-0.25, -0.2) is 4.39 Å². The number of hydrogen-bond acceptors (Lipinski definition) is 4. The summed E-state index contributed by atoms with van der Waals surface area (Å²) in [7, 11) is 1.45. The predicted molar refractivity (Wildman–Crippen MR) is 69.4 cm³/mol. The third-order valence-corrected chi connectivity index (χ3v) is 2.94. The zero-order chi connectivity index (χ0) is 13.8. The summed E-state index contributed by atoms with van der Waals surface area (Å²) in [5, 5.41) is 7.16. The van der Waals surface area contributed by atoms with Crippen LogP contribution in [0.2, 0.25) is 0 Å². The van der Waals surface area contributed by atoms with Gasteiger partial charge in [-0.2, -0.15) is 0 Å². The van der Waals surface area contributed by atoms with E-state index in [1.165, 1.54) is 13.2 Å². The predicted octanol–water partition coefficient (Wildman–Crippen LogP) is 2.98. The van der Waals surface area contributed by atoms with E-state index >= 15 is 0 Å². The zero-order valence-electron chi connectivity index (χ0n) is 11.2. The fraction of sp³-hybridized carbons (Fsp3) is 0.357. The van der Waals surface area contributed by atoms with Gasteiger partial charge in [0.05, 0.1) is 12.8 Å². The van der Waals surface area contributed by atoms with Gasteiger partial charge in [-0.15, -0.1) is 0 Å². The summed E-state index contributed by atoms with van der Waals surface area (Å²) in [5.74, 6) is 0.675. The highest BCUT2D eigenvalue weighted by Gasteiger charge is 2.10. The van der Waals surface area contributed by atoms with Crippen LogP contribution < -0.4 is 10.1 Å². The molecule has 0 bridgehead atoms. The summed E-state index contributed by atoms with van der Waals surface area (Å²) < 4.78 is 23.5. The van der Waals surface area contributed by atoms with Crippen LogP contribution in [0.15, 0.2) is 28.8 Å². The van der Waals surface area contributed by atoms with Crippen LogP contribution in [0, 0.1) is 12.7 Å². The van der Waals surface area contributed by atoms with Crippen LogP contribution in [0.25, 0.3) is 0 Å². The van der Waals surface area contributed by atoms with Crippen molar-refractivity contribution in [3.63, 3.8) is 0 Å². The van der Waals surface area contributed by atoms with E-state index in [2.05, 4.69) is 10.5 Å². The van der Waals surface area contributed by atoms with Crippen molar-refractivity contribution in [2.24, 2.45) is 0 Å². The van der Waals surface area contributed by atoms with Gasteiger partial charge in [0.15, 0.2) is 11.6 Å². The minimum Gasteiger partial charge on any atom is -0.494 e. The monoisotopic (exact) mass is 264 g/mol. The molecule has 2 aromatic rings. The second-order valence-corrected chi connectivity index (χ2v) is 4.43. The van der Waals surface area contributed by atoms with E-state index in [0.29, 0.717) is 6.54 Å². The van der Waals surface area contributed by atoms with E-state index in [4.69, 9.17) is 9.26 Å². The number of aryl methyl sites for hydroxylation is 1. The molecule has 1 atom stereocenters. The van der Waals surface area contributed by atoms with E-state index in [1.807, 2.05) is 26.0 Å². The van der Waals surface area contributed by atoms with Crippen molar-refractivity contribution in [3.8, 4) is 5.75 Å². The first-order valence-electron chi connectivity index (χ1n) is 6.09. The van der Waals surface area contributed by atoms with Gasteiger partial charge >= 0.3 is 0 Å². The molecule has 0 aliphatic carbocycles. The first kappa shape index (κ1) is 13.5. The van der Waals surface area contributed by atoms with Crippen molar-refractivity contribution in [3.05, 3.63) is 47.1 Å². The summed E-state index contributed by atoms with van der Waals surface area (Å²) in [4.78, 5) is 0. The van der Waals surface area contributed by atoms with E-state index < -0.39 is 0 Å². The Morgan fingerprint density at radius 3 is 2.79 bits per heavy atom. The average Bonchev–Trinajstić information content (AvgIpc) is 2.81. The van der Waals surface area contributed by atoms with Gasteiger partial charge < -0.3 is 14.6 Å². The molecule has 0 fully saturated rings. The molecule has 1 aromatic heterocycles. The highest BCUT2D eigenvalue weighted by atomic mass is 19.1. The second kappa shape index (κ2) is 5.84. The van der Waals surface area contributed by atoms with Crippen LogP contribution in [0.5, 0.6) is 5.75 Å². The lowest BCUT2D eigenvalue weighted by molar-refractivity contribution is 0.383. The largest absolute Gasteiger partial charge is 0.494 e. The van der Waals surface area contributed by atoms with Gasteiger partial charge in [-0.05, 0) is 31.5 Å². The number of nitrogens with zero attached hydrogens (tertiary/aromatic N) is 1. The quantitative estimate of drug-likeness (QED) is 0.901. The minimum absolute atomic E-state index is 0.0115. The van der Waals surface area contributed by atoms with Gasteiger partial charge in [-0.1, -0.05) is 11.2 Å². The van der Waals surface area contributed by atoms with Crippen molar-refractivity contribution >= 4 is 0 Å². The minimum atomic E-state index is -0.356. The number of halogens is 1. The number of benzene rings is 1. The lowest BCUT2D eigenvalue weighted by Gasteiger charge is -2.14. The first-order valence-corrected chi connectivity index (χ1v) is 6.09. The average molecular weight is 264 g/mol. The Labute approximate surface area is 111 Å². The molecular formula is C14H17FN2O2. The summed E-state index contributed by atoms with van der Waals surface area (Å²) in [6, 6.07) is 6.83. The Bertz CT molecular complexity index is 554. The van der Waals surface area contributed by atoms with Crippen LogP contribution >= 0.6 is 0 Å². The van der Waals surface area contributed by atoms with Gasteiger partial charge in [0.1, 0.15) is 5.76 Å². The maximum atomic E-state index is 13.6. The molecule has 0 saturated carbocycles. The maximum Gasteiger partial charge on any atom is 0.165 e. The topological polar surface area (TPSA) is 47.3 Å². The van der Waals surface area contributed by atoms with Crippen LogP contribution in [0.3, 0.4) is 0 Å². The molecule has 0 amide bonds. The van der Waals surface area contributed by atoms with Gasteiger partial charge in [-0.3, -0.25) is 0 Å². The summed E-state index contributed by atoms with van der Waals surface area (Å²) in [6.07, 6.45) is 0. The molecule has 2 rings (SSSR count). The summed E-state index contributed by atoms with van der Waals surface area (Å²) in [6.45, 7) is 4.39. The highest BCUT2D eigenvalue weighted by molar-refractivity contribution is 5.30. The van der Waals surface area contributed by atoms with Crippen LogP contribution in [0.4, 0.5) is 4.39 Å². The van der Waals surface area contributed by atoms with Gasteiger partial charge in [0.25, 0.3) is 0 Å². The van der Waals surface area contributed by atoms with E-state index in [9.17, 15) is 4.39 Å². The van der Waals surface area contributed by atoms with Gasteiger partial charge in [0.2, 0.25) is 0 Å². The molecule has 1 heterocycles. The number of ether oxygens (including phenoxy) is 1. The van der Waals surface area contributed by atoms with Crippen molar-refractivity contribution in [1.82, 2.24) is 10.5 Å². The fourth-order valence-corrected chi connectivity index (χ4v) is 1.83. The molecule has 0 saturated heterocycles. The van der Waals surface area contributed by atoms with Crippen molar-refractivity contribution in [1.29, 1.82) is 0 Å². The zero-order valence-corrected chi connectivity index (χ0v) is 11.2. The molecule has 102 valence electrons. The van der Waals surface area contributed by atoms with Crippen LogP contribution in [-0.4, -0.2) is 12.3 Å². The Balaban J connectivity index is 1.99. The molecule has 0 aliphatic rings. The smallest absolute Gasteiger partial charge is 0.165 e.